The largest absolute Gasteiger partial charge is 0.496 e. The number of hydrogen-bond acceptors (Lipinski definition) is 9. The Morgan fingerprint density at radius 2 is 1.57 bits per heavy atom. The summed E-state index contributed by atoms with van der Waals surface area (Å²) in [6.07, 6.45) is -2.21. The standard InChI is InChI=1S/C25H21N3O9/c1-36-19-11-12-20(21(15-19)28(34)35)26-22(29)13-14-23(30)37-25(24(31)16-5-3-2-4-6-16)17-7-9-18(10-8-17)27(32)33/h2-12,15,25H,13-14H2,1H3,(H,26,29)/t25-/m0/s1. The fourth-order valence-electron chi connectivity index (χ4n) is 3.31. The number of nitro benzene ring substituents is 2. The molecule has 0 aliphatic rings. The van der Waals surface area contributed by atoms with Gasteiger partial charge in [0.1, 0.15) is 11.4 Å². The first-order valence-corrected chi connectivity index (χ1v) is 10.8. The van der Waals surface area contributed by atoms with E-state index in [-0.39, 0.29) is 40.4 Å². The fourth-order valence-corrected chi connectivity index (χ4v) is 3.31. The van der Waals surface area contributed by atoms with Crippen molar-refractivity contribution in [2.24, 2.45) is 0 Å². The Morgan fingerprint density at radius 3 is 2.16 bits per heavy atom. The lowest BCUT2D eigenvalue weighted by Crippen LogP contribution is -2.21. The maximum absolute atomic E-state index is 13.1. The highest BCUT2D eigenvalue weighted by Crippen LogP contribution is 2.29. The molecule has 0 aliphatic carbocycles. The van der Waals surface area contributed by atoms with Crippen LogP contribution in [0.25, 0.3) is 0 Å². The van der Waals surface area contributed by atoms with Gasteiger partial charge in [0.25, 0.3) is 11.4 Å². The zero-order valence-corrected chi connectivity index (χ0v) is 19.5. The molecule has 0 radical (unpaired) electrons. The van der Waals surface area contributed by atoms with Gasteiger partial charge in [0.2, 0.25) is 11.7 Å². The van der Waals surface area contributed by atoms with E-state index in [2.05, 4.69) is 5.32 Å². The monoisotopic (exact) mass is 507 g/mol. The second-order valence-corrected chi connectivity index (χ2v) is 7.64. The number of ketones is 1. The Balaban J connectivity index is 1.71. The molecule has 12 heteroatoms. The van der Waals surface area contributed by atoms with E-state index in [9.17, 15) is 34.6 Å². The first-order chi connectivity index (χ1) is 17.7. The summed E-state index contributed by atoms with van der Waals surface area (Å²) in [5.74, 6) is -1.90. The molecular formula is C25H21N3O9. The topological polar surface area (TPSA) is 168 Å². The molecule has 0 saturated carbocycles. The number of hydrogen-bond donors (Lipinski definition) is 1. The Bertz CT molecular complexity index is 1320. The van der Waals surface area contributed by atoms with Gasteiger partial charge in [0.05, 0.1) is 29.4 Å². The van der Waals surface area contributed by atoms with Crippen molar-refractivity contribution in [3.8, 4) is 5.75 Å². The Kier molecular flexibility index (Phi) is 8.60. The van der Waals surface area contributed by atoms with Crippen LogP contribution in [-0.4, -0.2) is 34.6 Å². The number of anilines is 1. The quantitative estimate of drug-likeness (QED) is 0.171. The van der Waals surface area contributed by atoms with E-state index in [0.29, 0.717) is 0 Å². The SMILES string of the molecule is COc1ccc(NC(=O)CCC(=O)O[C@H](C(=O)c2ccccc2)c2ccc([N+](=O)[O-])cc2)c([N+](=O)[O-])c1. The molecule has 1 amide bonds. The molecule has 3 rings (SSSR count). The lowest BCUT2D eigenvalue weighted by atomic mass is 9.99. The van der Waals surface area contributed by atoms with Crippen molar-refractivity contribution >= 4 is 34.7 Å². The number of rotatable bonds is 11. The highest BCUT2D eigenvalue weighted by Gasteiger charge is 2.27. The minimum absolute atomic E-state index is 0.0767. The number of methoxy groups -OCH3 is 1. The number of esters is 1. The maximum Gasteiger partial charge on any atom is 0.307 e. The number of nitrogens with one attached hydrogen (secondary N) is 1. The number of non-ortho nitro benzene ring substituents is 1. The van der Waals surface area contributed by atoms with Crippen molar-refractivity contribution in [2.45, 2.75) is 18.9 Å². The number of amides is 1. The molecule has 190 valence electrons. The second-order valence-electron chi connectivity index (χ2n) is 7.64. The van der Waals surface area contributed by atoms with Crippen LogP contribution < -0.4 is 10.1 Å². The predicted molar refractivity (Wildman–Crippen MR) is 130 cm³/mol. The first kappa shape index (κ1) is 26.5. The van der Waals surface area contributed by atoms with E-state index in [0.717, 1.165) is 6.07 Å². The van der Waals surface area contributed by atoms with Crippen molar-refractivity contribution in [3.05, 3.63) is 104 Å². The van der Waals surface area contributed by atoms with Crippen molar-refractivity contribution < 1.29 is 33.7 Å². The molecule has 3 aromatic rings. The summed E-state index contributed by atoms with van der Waals surface area (Å²) in [4.78, 5) is 58.9. The summed E-state index contributed by atoms with van der Waals surface area (Å²) >= 11 is 0. The molecule has 37 heavy (non-hydrogen) atoms. The minimum Gasteiger partial charge on any atom is -0.496 e. The molecule has 0 bridgehead atoms. The number of carbonyl (C=O) groups excluding carboxylic acids is 3. The lowest BCUT2D eigenvalue weighted by molar-refractivity contribution is -0.384. The molecule has 1 atom stereocenters. The van der Waals surface area contributed by atoms with E-state index >= 15 is 0 Å². The van der Waals surface area contributed by atoms with Gasteiger partial charge in [-0.3, -0.25) is 34.6 Å². The first-order valence-electron chi connectivity index (χ1n) is 10.8. The van der Waals surface area contributed by atoms with E-state index in [1.54, 1.807) is 18.2 Å². The maximum atomic E-state index is 13.1. The average Bonchev–Trinajstić information content (AvgIpc) is 2.90. The number of carbonyl (C=O) groups is 3. The molecule has 3 aromatic carbocycles. The Labute approximate surface area is 210 Å². The van der Waals surface area contributed by atoms with Crippen LogP contribution in [0.2, 0.25) is 0 Å². The summed E-state index contributed by atoms with van der Waals surface area (Å²) in [6, 6.07) is 16.9. The molecular weight excluding hydrogens is 486 g/mol. The third-order valence-electron chi connectivity index (χ3n) is 5.18. The minimum atomic E-state index is -1.40. The van der Waals surface area contributed by atoms with Crippen LogP contribution in [0.5, 0.6) is 5.75 Å². The van der Waals surface area contributed by atoms with E-state index < -0.39 is 40.0 Å². The molecule has 0 fully saturated rings. The molecule has 0 spiro atoms. The van der Waals surface area contributed by atoms with Crippen molar-refractivity contribution in [1.29, 1.82) is 0 Å². The molecule has 1 N–H and O–H groups in total. The summed E-state index contributed by atoms with van der Waals surface area (Å²) in [7, 11) is 1.34. The van der Waals surface area contributed by atoms with Gasteiger partial charge in [-0.25, -0.2) is 0 Å². The predicted octanol–water partition coefficient (Wildman–Crippen LogP) is 4.40. The molecule has 0 saturated heterocycles. The Hall–Kier alpha value is -5.13. The van der Waals surface area contributed by atoms with E-state index in [1.807, 2.05) is 0 Å². The number of nitrogens with zero attached hydrogens (tertiary/aromatic N) is 2. The highest BCUT2D eigenvalue weighted by molar-refractivity contribution is 6.01. The molecule has 12 nitrogen and oxygen atoms in total. The molecule has 0 heterocycles. The van der Waals surface area contributed by atoms with Crippen LogP contribution in [0.1, 0.15) is 34.9 Å². The van der Waals surface area contributed by atoms with Crippen molar-refractivity contribution in [2.75, 3.05) is 12.4 Å². The van der Waals surface area contributed by atoms with Crippen molar-refractivity contribution in [1.82, 2.24) is 0 Å². The third kappa shape index (κ3) is 6.94. The number of nitro groups is 2. The van der Waals surface area contributed by atoms with Crippen LogP contribution in [0.15, 0.2) is 72.8 Å². The summed E-state index contributed by atoms with van der Waals surface area (Å²) in [5.41, 5.74) is -0.200. The van der Waals surface area contributed by atoms with Gasteiger partial charge in [0, 0.05) is 29.7 Å². The lowest BCUT2D eigenvalue weighted by Gasteiger charge is -2.17. The van der Waals surface area contributed by atoms with Gasteiger partial charge in [-0.05, 0) is 24.3 Å². The van der Waals surface area contributed by atoms with E-state index in [4.69, 9.17) is 9.47 Å². The van der Waals surface area contributed by atoms with Gasteiger partial charge in [-0.15, -0.1) is 0 Å². The normalized spacial score (nSPS) is 11.2. The summed E-state index contributed by atoms with van der Waals surface area (Å²) in [6.45, 7) is 0. The zero-order chi connectivity index (χ0) is 26.9. The van der Waals surface area contributed by atoms with Crippen LogP contribution >= 0.6 is 0 Å². The van der Waals surface area contributed by atoms with Gasteiger partial charge >= 0.3 is 5.97 Å². The molecule has 0 aromatic heterocycles. The van der Waals surface area contributed by atoms with Crippen LogP contribution in [0.3, 0.4) is 0 Å². The number of ether oxygens (including phenoxy) is 2. The number of benzene rings is 3. The summed E-state index contributed by atoms with van der Waals surface area (Å²) < 4.78 is 10.3. The summed E-state index contributed by atoms with van der Waals surface area (Å²) in [5, 5.41) is 24.6. The fraction of sp³-hybridized carbons (Fsp3) is 0.160. The second kappa shape index (κ2) is 12.0. The zero-order valence-electron chi connectivity index (χ0n) is 19.5. The van der Waals surface area contributed by atoms with Crippen LogP contribution in [0.4, 0.5) is 17.1 Å². The van der Waals surface area contributed by atoms with Gasteiger partial charge in [0.15, 0.2) is 6.10 Å². The van der Waals surface area contributed by atoms with Gasteiger partial charge in [-0.1, -0.05) is 30.3 Å². The van der Waals surface area contributed by atoms with Crippen LogP contribution in [-0.2, 0) is 14.3 Å². The number of Topliss-reactive ketones (excluding diaryl/α,β-unsaturated/α-hetero) is 1. The van der Waals surface area contributed by atoms with Gasteiger partial charge in [-0.2, -0.15) is 0 Å². The van der Waals surface area contributed by atoms with E-state index in [1.165, 1.54) is 55.6 Å². The smallest absolute Gasteiger partial charge is 0.307 e. The molecule has 0 aliphatic heterocycles. The average molecular weight is 507 g/mol. The third-order valence-corrected chi connectivity index (χ3v) is 5.18. The highest BCUT2D eigenvalue weighted by atomic mass is 16.6. The van der Waals surface area contributed by atoms with Crippen molar-refractivity contribution in [3.63, 3.8) is 0 Å². The van der Waals surface area contributed by atoms with Gasteiger partial charge < -0.3 is 14.8 Å². The van der Waals surface area contributed by atoms with Crippen LogP contribution in [0, 0.1) is 20.2 Å². The Morgan fingerprint density at radius 1 is 0.892 bits per heavy atom. The molecule has 0 unspecified atom stereocenters.